The van der Waals surface area contributed by atoms with Crippen molar-refractivity contribution >= 4 is 0 Å². The summed E-state index contributed by atoms with van der Waals surface area (Å²) in [6, 6.07) is 0. The average molecular weight is 188 g/mol. The maximum atomic E-state index is 5.32. The second-order valence-corrected chi connectivity index (χ2v) is 2.86. The molecular weight excluding hydrogens is 164 g/mol. The first kappa shape index (κ1) is 12.9. The fourth-order valence-corrected chi connectivity index (χ4v) is 1.36. The smallest absolute Gasteiger partial charge is 0.0673 e. The van der Waals surface area contributed by atoms with E-state index < -0.39 is 0 Å². The monoisotopic (exact) mass is 188 g/mol. The first-order chi connectivity index (χ1) is 6.41. The van der Waals surface area contributed by atoms with Crippen molar-refractivity contribution in [1.29, 1.82) is 0 Å². The van der Waals surface area contributed by atoms with Crippen LogP contribution in [-0.2, 0) is 4.74 Å². The highest BCUT2D eigenvalue weighted by Crippen LogP contribution is 2.13. The Kier molecular flexibility index (Phi) is 7.23. The Hall–Kier alpha value is -0.120. The van der Waals surface area contributed by atoms with Gasteiger partial charge in [-0.2, -0.15) is 0 Å². The molecule has 1 spiro atoms. The maximum Gasteiger partial charge on any atom is 0.0673 e. The molecule has 2 N–H and O–H groups in total. The van der Waals surface area contributed by atoms with Gasteiger partial charge in [0.05, 0.1) is 18.8 Å². The van der Waals surface area contributed by atoms with E-state index in [0.29, 0.717) is 5.54 Å². The molecule has 2 rings (SSSR count). The van der Waals surface area contributed by atoms with Gasteiger partial charge in [-0.25, -0.2) is 0 Å². The van der Waals surface area contributed by atoms with Gasteiger partial charge in [0, 0.05) is 19.6 Å². The molecule has 2 saturated heterocycles. The highest BCUT2D eigenvalue weighted by Gasteiger charge is 2.38. The van der Waals surface area contributed by atoms with Crippen LogP contribution in [0.1, 0.15) is 27.7 Å². The fraction of sp³-hybridized carbons (Fsp3) is 1.00. The molecule has 0 bridgehead atoms. The normalized spacial score (nSPS) is 23.1. The summed E-state index contributed by atoms with van der Waals surface area (Å²) < 4.78 is 5.32. The molecule has 2 aliphatic heterocycles. The van der Waals surface area contributed by atoms with E-state index in [-0.39, 0.29) is 0 Å². The van der Waals surface area contributed by atoms with E-state index in [1.807, 2.05) is 27.7 Å². The van der Waals surface area contributed by atoms with Gasteiger partial charge in [0.15, 0.2) is 0 Å². The molecule has 2 aliphatic rings. The van der Waals surface area contributed by atoms with Gasteiger partial charge in [0.1, 0.15) is 0 Å². The van der Waals surface area contributed by atoms with Gasteiger partial charge in [0.25, 0.3) is 0 Å². The number of nitrogens with one attached hydrogen (secondary N) is 2. The molecule has 0 aromatic carbocycles. The van der Waals surface area contributed by atoms with Crippen LogP contribution in [0.4, 0.5) is 0 Å². The van der Waals surface area contributed by atoms with Crippen molar-refractivity contribution in [3.63, 3.8) is 0 Å². The van der Waals surface area contributed by atoms with Crippen LogP contribution in [-0.4, -0.2) is 38.4 Å². The highest BCUT2D eigenvalue weighted by atomic mass is 16.5. The minimum absolute atomic E-state index is 0.318. The second kappa shape index (κ2) is 7.30. The van der Waals surface area contributed by atoms with Gasteiger partial charge in [-0.3, -0.25) is 0 Å². The van der Waals surface area contributed by atoms with E-state index in [0.717, 1.165) is 32.8 Å². The standard InChI is InChI=1S/C6H12N2O.2C2H6/c1-2-9-5-6(8-1)3-7-4-6;2*1-2/h7-8H,1-5H2;2*1-2H3. The lowest BCUT2D eigenvalue weighted by molar-refractivity contribution is 0.00244. The van der Waals surface area contributed by atoms with Gasteiger partial charge in [-0.05, 0) is 0 Å². The first-order valence-electron chi connectivity index (χ1n) is 5.45. The largest absolute Gasteiger partial charge is 0.378 e. The van der Waals surface area contributed by atoms with Crippen LogP contribution < -0.4 is 10.6 Å². The van der Waals surface area contributed by atoms with Crippen LogP contribution in [0.25, 0.3) is 0 Å². The van der Waals surface area contributed by atoms with Gasteiger partial charge in [-0.15, -0.1) is 0 Å². The minimum atomic E-state index is 0.318. The molecule has 0 unspecified atom stereocenters. The average Bonchev–Trinajstić information content (AvgIpc) is 2.23. The molecule has 0 aromatic rings. The third kappa shape index (κ3) is 3.63. The van der Waals surface area contributed by atoms with Crippen molar-refractivity contribution in [2.24, 2.45) is 0 Å². The van der Waals surface area contributed by atoms with Crippen LogP contribution in [0, 0.1) is 0 Å². The molecule has 0 amide bonds. The number of hydrogen-bond acceptors (Lipinski definition) is 3. The van der Waals surface area contributed by atoms with E-state index in [1.165, 1.54) is 0 Å². The van der Waals surface area contributed by atoms with Crippen molar-refractivity contribution in [3.05, 3.63) is 0 Å². The highest BCUT2D eigenvalue weighted by molar-refractivity contribution is 5.01. The Morgan fingerprint density at radius 2 is 1.69 bits per heavy atom. The zero-order valence-electron chi connectivity index (χ0n) is 9.44. The Labute approximate surface area is 82.2 Å². The quantitative estimate of drug-likeness (QED) is 0.595. The summed E-state index contributed by atoms with van der Waals surface area (Å²) in [5.74, 6) is 0. The van der Waals surface area contributed by atoms with Crippen molar-refractivity contribution < 1.29 is 4.74 Å². The molecular formula is C10H24N2O. The maximum absolute atomic E-state index is 5.32. The van der Waals surface area contributed by atoms with Gasteiger partial charge >= 0.3 is 0 Å². The van der Waals surface area contributed by atoms with Crippen molar-refractivity contribution in [2.75, 3.05) is 32.8 Å². The molecule has 0 aliphatic carbocycles. The molecule has 0 radical (unpaired) electrons. The van der Waals surface area contributed by atoms with E-state index in [2.05, 4.69) is 10.6 Å². The third-order valence-corrected chi connectivity index (χ3v) is 2.05. The third-order valence-electron chi connectivity index (χ3n) is 2.05. The molecule has 0 saturated carbocycles. The van der Waals surface area contributed by atoms with E-state index in [9.17, 15) is 0 Å². The van der Waals surface area contributed by atoms with E-state index >= 15 is 0 Å². The van der Waals surface area contributed by atoms with Crippen LogP contribution >= 0.6 is 0 Å². The summed E-state index contributed by atoms with van der Waals surface area (Å²) in [5.41, 5.74) is 0.318. The Balaban J connectivity index is 0.000000322. The fourth-order valence-electron chi connectivity index (χ4n) is 1.36. The van der Waals surface area contributed by atoms with E-state index in [4.69, 9.17) is 4.74 Å². The zero-order chi connectivity index (χ0) is 10.2. The van der Waals surface area contributed by atoms with Crippen LogP contribution in [0.3, 0.4) is 0 Å². The Bertz CT molecular complexity index is 105. The van der Waals surface area contributed by atoms with Crippen molar-refractivity contribution in [3.8, 4) is 0 Å². The van der Waals surface area contributed by atoms with Crippen molar-refractivity contribution in [1.82, 2.24) is 10.6 Å². The summed E-state index contributed by atoms with van der Waals surface area (Å²) >= 11 is 0. The van der Waals surface area contributed by atoms with Crippen molar-refractivity contribution in [2.45, 2.75) is 33.2 Å². The molecule has 2 heterocycles. The molecule has 0 atom stereocenters. The predicted molar refractivity (Wildman–Crippen MR) is 57.1 cm³/mol. The Morgan fingerprint density at radius 1 is 1.08 bits per heavy atom. The van der Waals surface area contributed by atoms with E-state index in [1.54, 1.807) is 0 Å². The lowest BCUT2D eigenvalue weighted by Gasteiger charge is -2.45. The minimum Gasteiger partial charge on any atom is -0.378 e. The summed E-state index contributed by atoms with van der Waals surface area (Å²) in [7, 11) is 0. The predicted octanol–water partition coefficient (Wildman–Crippen LogP) is 1.00. The number of rotatable bonds is 0. The molecule has 80 valence electrons. The Morgan fingerprint density at radius 3 is 1.92 bits per heavy atom. The molecule has 2 fully saturated rings. The molecule has 0 aromatic heterocycles. The zero-order valence-corrected chi connectivity index (χ0v) is 9.44. The first-order valence-corrected chi connectivity index (χ1v) is 5.45. The molecule has 3 nitrogen and oxygen atoms in total. The number of hydrogen-bond donors (Lipinski definition) is 2. The lowest BCUT2D eigenvalue weighted by Crippen LogP contribution is -2.72. The number of morpholine rings is 1. The lowest BCUT2D eigenvalue weighted by atomic mass is 9.93. The molecule has 13 heavy (non-hydrogen) atoms. The SMILES string of the molecule is C1COCC2(CNC2)N1.CC.CC. The van der Waals surface area contributed by atoms with Crippen LogP contribution in [0.5, 0.6) is 0 Å². The second-order valence-electron chi connectivity index (χ2n) is 2.86. The summed E-state index contributed by atoms with van der Waals surface area (Å²) in [4.78, 5) is 0. The van der Waals surface area contributed by atoms with Crippen LogP contribution in [0.2, 0.25) is 0 Å². The van der Waals surface area contributed by atoms with Gasteiger partial charge in [-0.1, -0.05) is 27.7 Å². The van der Waals surface area contributed by atoms with Crippen LogP contribution in [0.15, 0.2) is 0 Å². The summed E-state index contributed by atoms with van der Waals surface area (Å²) in [6.45, 7) is 12.9. The van der Waals surface area contributed by atoms with Gasteiger partial charge < -0.3 is 15.4 Å². The number of ether oxygens (including phenoxy) is 1. The summed E-state index contributed by atoms with van der Waals surface area (Å²) in [6.07, 6.45) is 0. The van der Waals surface area contributed by atoms with Gasteiger partial charge in [0.2, 0.25) is 0 Å². The summed E-state index contributed by atoms with van der Waals surface area (Å²) in [5, 5.41) is 6.67. The topological polar surface area (TPSA) is 33.3 Å². The molecule has 3 heteroatoms.